The van der Waals surface area contributed by atoms with Gasteiger partial charge in [-0.25, -0.2) is 0 Å². The maximum absolute atomic E-state index is 6.23. The van der Waals surface area contributed by atoms with Gasteiger partial charge in [-0.15, -0.1) is 10.2 Å². The number of benzene rings is 1. The summed E-state index contributed by atoms with van der Waals surface area (Å²) in [5.74, 6) is 2.23. The van der Waals surface area contributed by atoms with Gasteiger partial charge in [-0.2, -0.15) is 0 Å². The van der Waals surface area contributed by atoms with Crippen molar-refractivity contribution >= 4 is 17.2 Å². The van der Waals surface area contributed by atoms with Crippen molar-refractivity contribution in [1.29, 1.82) is 0 Å². The minimum Gasteiger partial charge on any atom is -0.453 e. The number of rotatable bonds is 4. The van der Waals surface area contributed by atoms with Gasteiger partial charge in [-0.3, -0.25) is 4.40 Å². The number of hydrogen-bond acceptors (Lipinski definition) is 4. The maximum atomic E-state index is 6.23. The second-order valence-corrected chi connectivity index (χ2v) is 7.57. The van der Waals surface area contributed by atoms with Gasteiger partial charge in [0.05, 0.1) is 0 Å². The highest BCUT2D eigenvalue weighted by atomic mass is 35.5. The summed E-state index contributed by atoms with van der Waals surface area (Å²) in [6, 6.07) is 9.50. The van der Waals surface area contributed by atoms with Crippen molar-refractivity contribution in [2.24, 2.45) is 0 Å². The number of ether oxygens (including phenoxy) is 2. The molecule has 27 heavy (non-hydrogen) atoms. The third-order valence-corrected chi connectivity index (χ3v) is 5.96. The Morgan fingerprint density at radius 1 is 1.00 bits per heavy atom. The molecule has 3 aromatic rings. The molecule has 5 nitrogen and oxygen atoms in total. The molecular weight excluding hydrogens is 362 g/mol. The van der Waals surface area contributed by atoms with E-state index in [-0.39, 0.29) is 5.60 Å². The second kappa shape index (κ2) is 7.49. The minimum absolute atomic E-state index is 0.388. The molecule has 1 saturated carbocycles. The van der Waals surface area contributed by atoms with Crippen LogP contribution in [-0.4, -0.2) is 21.7 Å². The number of pyridine rings is 1. The second-order valence-electron chi connectivity index (χ2n) is 7.17. The van der Waals surface area contributed by atoms with Gasteiger partial charge in [0, 0.05) is 23.9 Å². The van der Waals surface area contributed by atoms with E-state index in [0.29, 0.717) is 16.4 Å². The summed E-state index contributed by atoms with van der Waals surface area (Å²) in [4.78, 5) is 0. The molecule has 0 saturated heterocycles. The van der Waals surface area contributed by atoms with Gasteiger partial charge < -0.3 is 9.47 Å². The largest absolute Gasteiger partial charge is 0.453 e. The highest BCUT2D eigenvalue weighted by Crippen LogP contribution is 2.39. The van der Waals surface area contributed by atoms with E-state index in [1.54, 1.807) is 7.11 Å². The van der Waals surface area contributed by atoms with E-state index in [1.165, 1.54) is 12.8 Å². The average molecular weight is 386 g/mol. The SMILES string of the molecule is COC1(c2nnc3c(Oc4cccc(Cl)c4C)cccn23)CCCCCC1. The fraction of sp³-hybridized carbons (Fsp3) is 0.429. The van der Waals surface area contributed by atoms with E-state index in [1.807, 2.05) is 47.9 Å². The van der Waals surface area contributed by atoms with Crippen molar-refractivity contribution in [2.75, 3.05) is 7.11 Å². The van der Waals surface area contributed by atoms with Crippen molar-refractivity contribution in [3.8, 4) is 11.5 Å². The van der Waals surface area contributed by atoms with Gasteiger partial charge in [0.1, 0.15) is 11.4 Å². The molecule has 0 bridgehead atoms. The molecular formula is C21H24ClN3O2. The Kier molecular flexibility index (Phi) is 5.06. The number of hydrogen-bond donors (Lipinski definition) is 0. The predicted octanol–water partition coefficient (Wildman–Crippen LogP) is 5.68. The Morgan fingerprint density at radius 3 is 2.48 bits per heavy atom. The maximum Gasteiger partial charge on any atom is 0.204 e. The van der Waals surface area contributed by atoms with E-state index in [2.05, 4.69) is 10.2 Å². The van der Waals surface area contributed by atoms with Crippen molar-refractivity contribution in [3.05, 3.63) is 52.9 Å². The quantitative estimate of drug-likeness (QED) is 0.542. The molecule has 0 radical (unpaired) electrons. The molecule has 0 aliphatic heterocycles. The summed E-state index contributed by atoms with van der Waals surface area (Å²) in [5.41, 5.74) is 1.20. The summed E-state index contributed by atoms with van der Waals surface area (Å²) >= 11 is 6.23. The first-order chi connectivity index (χ1) is 13.1. The Hall–Kier alpha value is -2.11. The van der Waals surface area contributed by atoms with Gasteiger partial charge in [-0.05, 0) is 44.0 Å². The van der Waals surface area contributed by atoms with Gasteiger partial charge in [-0.1, -0.05) is 43.4 Å². The zero-order chi connectivity index (χ0) is 18.9. The third kappa shape index (κ3) is 3.30. The van der Waals surface area contributed by atoms with Crippen LogP contribution in [0.25, 0.3) is 5.65 Å². The molecule has 0 amide bonds. The lowest BCUT2D eigenvalue weighted by molar-refractivity contribution is -0.0359. The van der Waals surface area contributed by atoms with Crippen molar-refractivity contribution in [2.45, 2.75) is 51.0 Å². The first-order valence-electron chi connectivity index (χ1n) is 9.47. The number of fused-ring (bicyclic) bond motifs is 1. The highest BCUT2D eigenvalue weighted by molar-refractivity contribution is 6.31. The molecule has 0 unspecified atom stereocenters. The Morgan fingerprint density at radius 2 is 1.74 bits per heavy atom. The van der Waals surface area contributed by atoms with Crippen molar-refractivity contribution in [1.82, 2.24) is 14.6 Å². The summed E-state index contributed by atoms with van der Waals surface area (Å²) in [6.45, 7) is 1.94. The highest BCUT2D eigenvalue weighted by Gasteiger charge is 2.37. The monoisotopic (exact) mass is 385 g/mol. The Balaban J connectivity index is 1.76. The van der Waals surface area contributed by atoms with E-state index in [0.717, 1.165) is 42.8 Å². The van der Waals surface area contributed by atoms with E-state index < -0.39 is 0 Å². The number of nitrogens with zero attached hydrogens (tertiary/aromatic N) is 3. The zero-order valence-corrected chi connectivity index (χ0v) is 16.5. The lowest BCUT2D eigenvalue weighted by atomic mass is 9.93. The van der Waals surface area contributed by atoms with Crippen LogP contribution >= 0.6 is 11.6 Å². The fourth-order valence-electron chi connectivity index (χ4n) is 3.92. The zero-order valence-electron chi connectivity index (χ0n) is 15.7. The smallest absolute Gasteiger partial charge is 0.204 e. The lowest BCUT2D eigenvalue weighted by Crippen LogP contribution is -2.30. The molecule has 1 fully saturated rings. The lowest BCUT2D eigenvalue weighted by Gasteiger charge is -2.29. The molecule has 0 spiro atoms. The van der Waals surface area contributed by atoms with Crippen LogP contribution < -0.4 is 4.74 Å². The summed E-state index contributed by atoms with van der Waals surface area (Å²) in [7, 11) is 1.78. The van der Waals surface area contributed by atoms with E-state index >= 15 is 0 Å². The minimum atomic E-state index is -0.388. The number of aromatic nitrogens is 3. The molecule has 4 rings (SSSR count). The van der Waals surface area contributed by atoms with Crippen molar-refractivity contribution < 1.29 is 9.47 Å². The molecule has 1 aliphatic carbocycles. The van der Waals surface area contributed by atoms with Crippen LogP contribution in [0.1, 0.15) is 49.9 Å². The predicted molar refractivity (Wildman–Crippen MR) is 106 cm³/mol. The Labute approximate surface area is 164 Å². The number of halogens is 1. The first-order valence-corrected chi connectivity index (χ1v) is 9.85. The molecule has 142 valence electrons. The first kappa shape index (κ1) is 18.3. The van der Waals surface area contributed by atoms with Crippen LogP contribution in [0.15, 0.2) is 36.5 Å². The van der Waals surface area contributed by atoms with Crippen LogP contribution in [0.4, 0.5) is 0 Å². The fourth-order valence-corrected chi connectivity index (χ4v) is 4.08. The standard InChI is InChI=1S/C21H24ClN3O2/c1-15-16(22)9-7-10-17(15)27-18-11-8-14-25-19(18)23-24-20(25)21(26-2)12-5-3-4-6-13-21/h7-11,14H,3-6,12-13H2,1-2H3. The molecule has 1 aromatic carbocycles. The van der Waals surface area contributed by atoms with Gasteiger partial charge in [0.2, 0.25) is 5.65 Å². The van der Waals surface area contributed by atoms with Gasteiger partial charge >= 0.3 is 0 Å². The third-order valence-electron chi connectivity index (χ3n) is 5.55. The average Bonchev–Trinajstić information content (AvgIpc) is 2.98. The number of methoxy groups -OCH3 is 1. The molecule has 1 aliphatic rings. The summed E-state index contributed by atoms with van der Waals surface area (Å²) < 4.78 is 14.2. The summed E-state index contributed by atoms with van der Waals surface area (Å²) in [6.07, 6.45) is 8.66. The van der Waals surface area contributed by atoms with E-state index in [4.69, 9.17) is 21.1 Å². The normalized spacial score (nSPS) is 17.0. The van der Waals surface area contributed by atoms with Crippen LogP contribution in [0.2, 0.25) is 5.02 Å². The molecule has 2 aromatic heterocycles. The van der Waals surface area contributed by atoms with E-state index in [9.17, 15) is 0 Å². The van der Waals surface area contributed by atoms with Crippen molar-refractivity contribution in [3.63, 3.8) is 0 Å². The van der Waals surface area contributed by atoms with Crippen LogP contribution in [0.3, 0.4) is 0 Å². The Bertz CT molecular complexity index is 946. The van der Waals surface area contributed by atoms with Crippen LogP contribution in [-0.2, 0) is 10.3 Å². The van der Waals surface area contributed by atoms with Crippen LogP contribution in [0.5, 0.6) is 11.5 Å². The van der Waals surface area contributed by atoms with Gasteiger partial charge in [0.25, 0.3) is 0 Å². The van der Waals surface area contributed by atoms with Gasteiger partial charge in [0.15, 0.2) is 11.6 Å². The topological polar surface area (TPSA) is 48.7 Å². The molecule has 0 atom stereocenters. The molecule has 0 N–H and O–H groups in total. The molecule has 6 heteroatoms. The molecule has 2 heterocycles. The summed E-state index contributed by atoms with van der Waals surface area (Å²) in [5, 5.41) is 9.65. The van der Waals surface area contributed by atoms with Crippen LogP contribution in [0, 0.1) is 6.92 Å².